The Balaban J connectivity index is 1.26. The number of piperidine rings is 1. The van der Waals surface area contributed by atoms with Crippen LogP contribution in [0.15, 0.2) is 24.3 Å². The van der Waals surface area contributed by atoms with Crippen molar-refractivity contribution in [3.8, 4) is 0 Å². The second-order valence-corrected chi connectivity index (χ2v) is 9.91. The van der Waals surface area contributed by atoms with Crippen LogP contribution in [0.3, 0.4) is 0 Å². The summed E-state index contributed by atoms with van der Waals surface area (Å²) in [5, 5.41) is 0. The van der Waals surface area contributed by atoms with E-state index in [2.05, 4.69) is 29.2 Å². The molecule has 0 atom stereocenters. The Bertz CT molecular complexity index is 711. The van der Waals surface area contributed by atoms with E-state index in [-0.39, 0.29) is 5.91 Å². The maximum Gasteiger partial charge on any atom is 0.223 e. The van der Waals surface area contributed by atoms with Crippen molar-refractivity contribution in [2.24, 2.45) is 11.8 Å². The van der Waals surface area contributed by atoms with Crippen LogP contribution in [0.25, 0.3) is 0 Å². The maximum absolute atomic E-state index is 12.9. The quantitative estimate of drug-likeness (QED) is 0.608. The molecule has 1 aliphatic heterocycles. The zero-order chi connectivity index (χ0) is 20.9. The van der Waals surface area contributed by atoms with Gasteiger partial charge in [0.2, 0.25) is 11.8 Å². The molecule has 1 saturated heterocycles. The van der Waals surface area contributed by atoms with E-state index >= 15 is 0 Å². The molecule has 3 fully saturated rings. The first-order valence-corrected chi connectivity index (χ1v) is 12.2. The van der Waals surface area contributed by atoms with Crippen LogP contribution in [-0.4, -0.2) is 40.7 Å². The first kappa shape index (κ1) is 21.4. The minimum absolute atomic E-state index is 0.204. The Hall–Kier alpha value is -1.84. The zero-order valence-corrected chi connectivity index (χ0v) is 18.7. The Labute approximate surface area is 182 Å². The second kappa shape index (κ2) is 9.98. The van der Waals surface area contributed by atoms with Crippen molar-refractivity contribution in [3.05, 3.63) is 35.4 Å². The standard InChI is InChI=1S/C26H38N2O2/c1-20(29)27-16-14-23(15-17-27)18-22-6-8-24(9-7-22)19-28(25-11-12-25)26(30)13-10-21-4-2-3-5-21/h6-9,21,23,25H,2-5,10-19H2,1H3. The lowest BCUT2D eigenvalue weighted by Gasteiger charge is -2.31. The maximum atomic E-state index is 12.9. The highest BCUT2D eigenvalue weighted by molar-refractivity contribution is 5.77. The van der Waals surface area contributed by atoms with Gasteiger partial charge in [0.05, 0.1) is 0 Å². The fraction of sp³-hybridized carbons (Fsp3) is 0.692. The molecular formula is C26H38N2O2. The van der Waals surface area contributed by atoms with Gasteiger partial charge in [-0.15, -0.1) is 0 Å². The van der Waals surface area contributed by atoms with Gasteiger partial charge in [-0.1, -0.05) is 49.9 Å². The van der Waals surface area contributed by atoms with E-state index in [4.69, 9.17) is 0 Å². The number of likely N-dealkylation sites (tertiary alicyclic amines) is 1. The fourth-order valence-electron chi connectivity index (χ4n) is 5.34. The highest BCUT2D eigenvalue weighted by atomic mass is 16.2. The first-order valence-electron chi connectivity index (χ1n) is 12.2. The van der Waals surface area contributed by atoms with Crippen LogP contribution in [0, 0.1) is 11.8 Å². The molecule has 0 unspecified atom stereocenters. The van der Waals surface area contributed by atoms with Gasteiger partial charge in [-0.25, -0.2) is 0 Å². The van der Waals surface area contributed by atoms with Crippen molar-refractivity contribution < 1.29 is 9.59 Å². The molecule has 1 aromatic carbocycles. The SMILES string of the molecule is CC(=O)N1CCC(Cc2ccc(CN(C(=O)CCC3CCCC3)C3CC3)cc2)CC1. The Morgan fingerprint density at radius 3 is 2.13 bits per heavy atom. The molecule has 4 nitrogen and oxygen atoms in total. The van der Waals surface area contributed by atoms with E-state index in [0.717, 1.165) is 57.7 Å². The molecule has 2 amide bonds. The van der Waals surface area contributed by atoms with Gasteiger partial charge in [0.15, 0.2) is 0 Å². The normalized spacial score (nSPS) is 20.5. The van der Waals surface area contributed by atoms with E-state index < -0.39 is 0 Å². The van der Waals surface area contributed by atoms with Crippen LogP contribution in [0.1, 0.15) is 82.3 Å². The van der Waals surface area contributed by atoms with Gasteiger partial charge < -0.3 is 9.80 Å². The molecule has 1 aromatic rings. The summed E-state index contributed by atoms with van der Waals surface area (Å²) in [6.45, 7) is 4.24. The van der Waals surface area contributed by atoms with Gasteiger partial charge in [0, 0.05) is 39.0 Å². The van der Waals surface area contributed by atoms with Crippen molar-refractivity contribution in [1.29, 1.82) is 0 Å². The number of amides is 2. The van der Waals surface area contributed by atoms with Crippen molar-refractivity contribution in [3.63, 3.8) is 0 Å². The number of carbonyl (C=O) groups excluding carboxylic acids is 2. The smallest absolute Gasteiger partial charge is 0.223 e. The van der Waals surface area contributed by atoms with E-state index in [1.165, 1.54) is 49.7 Å². The van der Waals surface area contributed by atoms with E-state index in [1.54, 1.807) is 6.92 Å². The molecule has 1 heterocycles. The summed E-state index contributed by atoms with van der Waals surface area (Å²) in [7, 11) is 0. The van der Waals surface area contributed by atoms with Crippen molar-refractivity contribution in [2.45, 2.75) is 90.1 Å². The lowest BCUT2D eigenvalue weighted by atomic mass is 9.90. The Morgan fingerprint density at radius 1 is 0.900 bits per heavy atom. The van der Waals surface area contributed by atoms with Gasteiger partial charge in [-0.2, -0.15) is 0 Å². The second-order valence-electron chi connectivity index (χ2n) is 9.91. The predicted molar refractivity (Wildman–Crippen MR) is 120 cm³/mol. The van der Waals surface area contributed by atoms with Crippen LogP contribution < -0.4 is 0 Å². The molecule has 0 aromatic heterocycles. The first-order chi connectivity index (χ1) is 14.6. The van der Waals surface area contributed by atoms with Gasteiger partial charge in [0.25, 0.3) is 0 Å². The van der Waals surface area contributed by atoms with Crippen molar-refractivity contribution >= 4 is 11.8 Å². The summed E-state index contributed by atoms with van der Waals surface area (Å²) in [6.07, 6.45) is 12.8. The van der Waals surface area contributed by atoms with E-state index in [1.807, 2.05) is 4.90 Å². The molecule has 30 heavy (non-hydrogen) atoms. The number of hydrogen-bond donors (Lipinski definition) is 0. The number of rotatable bonds is 8. The third kappa shape index (κ3) is 5.86. The summed E-state index contributed by atoms with van der Waals surface area (Å²) in [4.78, 5) is 28.5. The molecule has 4 heteroatoms. The highest BCUT2D eigenvalue weighted by Gasteiger charge is 2.32. The Kier molecular flexibility index (Phi) is 7.12. The van der Waals surface area contributed by atoms with Crippen LogP contribution in [0.2, 0.25) is 0 Å². The molecule has 0 N–H and O–H groups in total. The van der Waals surface area contributed by atoms with Gasteiger partial charge in [-0.05, 0) is 61.5 Å². The molecular weight excluding hydrogens is 372 g/mol. The number of hydrogen-bond acceptors (Lipinski definition) is 2. The minimum Gasteiger partial charge on any atom is -0.343 e. The molecule has 2 saturated carbocycles. The number of benzene rings is 1. The predicted octanol–water partition coefficient (Wildman–Crippen LogP) is 4.95. The summed E-state index contributed by atoms with van der Waals surface area (Å²) < 4.78 is 0. The number of carbonyl (C=O) groups is 2. The van der Waals surface area contributed by atoms with E-state index in [0.29, 0.717) is 17.9 Å². The molecule has 0 spiro atoms. The summed E-state index contributed by atoms with van der Waals surface area (Å²) >= 11 is 0. The molecule has 4 rings (SSSR count). The average molecular weight is 411 g/mol. The van der Waals surface area contributed by atoms with Crippen LogP contribution in [-0.2, 0) is 22.6 Å². The lowest BCUT2D eigenvalue weighted by Crippen LogP contribution is -2.37. The van der Waals surface area contributed by atoms with Gasteiger partial charge in [0.1, 0.15) is 0 Å². The molecule has 0 radical (unpaired) electrons. The van der Waals surface area contributed by atoms with Crippen LogP contribution >= 0.6 is 0 Å². The van der Waals surface area contributed by atoms with Crippen molar-refractivity contribution in [1.82, 2.24) is 9.80 Å². The largest absolute Gasteiger partial charge is 0.343 e. The van der Waals surface area contributed by atoms with E-state index in [9.17, 15) is 9.59 Å². The summed E-state index contributed by atoms with van der Waals surface area (Å²) in [5.41, 5.74) is 2.64. The third-order valence-corrected chi connectivity index (χ3v) is 7.51. The van der Waals surface area contributed by atoms with Crippen LogP contribution in [0.5, 0.6) is 0 Å². The van der Waals surface area contributed by atoms with Crippen molar-refractivity contribution in [2.75, 3.05) is 13.1 Å². The fourth-order valence-corrected chi connectivity index (χ4v) is 5.34. The molecule has 164 valence electrons. The summed E-state index contributed by atoms with van der Waals surface area (Å²) in [5.74, 6) is 2.03. The topological polar surface area (TPSA) is 40.6 Å². The van der Waals surface area contributed by atoms with Crippen LogP contribution in [0.4, 0.5) is 0 Å². The third-order valence-electron chi connectivity index (χ3n) is 7.51. The summed E-state index contributed by atoms with van der Waals surface area (Å²) in [6, 6.07) is 9.42. The van der Waals surface area contributed by atoms with Gasteiger partial charge >= 0.3 is 0 Å². The monoisotopic (exact) mass is 410 g/mol. The molecule has 3 aliphatic rings. The van der Waals surface area contributed by atoms with Gasteiger partial charge in [-0.3, -0.25) is 9.59 Å². The minimum atomic E-state index is 0.204. The molecule has 0 bridgehead atoms. The lowest BCUT2D eigenvalue weighted by molar-refractivity contribution is -0.133. The number of nitrogens with zero attached hydrogens (tertiary/aromatic N) is 2. The average Bonchev–Trinajstić information content (AvgIpc) is 3.46. The highest BCUT2D eigenvalue weighted by Crippen LogP contribution is 2.32. The Morgan fingerprint density at radius 2 is 1.53 bits per heavy atom. The zero-order valence-electron chi connectivity index (χ0n) is 18.7. The molecule has 2 aliphatic carbocycles.